The SMILES string of the molecule is CCOc1ccccc1OCC(=O)Nc1ccccc1C#N. The van der Waals surface area contributed by atoms with E-state index in [1.807, 2.05) is 19.1 Å². The molecule has 2 aromatic rings. The number of nitrogens with zero attached hydrogens (tertiary/aromatic N) is 1. The highest BCUT2D eigenvalue weighted by Crippen LogP contribution is 2.26. The molecule has 0 fully saturated rings. The van der Waals surface area contributed by atoms with Crippen molar-refractivity contribution in [1.82, 2.24) is 0 Å². The van der Waals surface area contributed by atoms with Gasteiger partial charge < -0.3 is 14.8 Å². The molecular formula is C17H16N2O3. The van der Waals surface area contributed by atoms with Crippen LogP contribution in [0.5, 0.6) is 11.5 Å². The molecule has 0 bridgehead atoms. The zero-order valence-corrected chi connectivity index (χ0v) is 12.2. The van der Waals surface area contributed by atoms with Gasteiger partial charge in [-0.25, -0.2) is 0 Å². The summed E-state index contributed by atoms with van der Waals surface area (Å²) in [6, 6.07) is 16.0. The number of carbonyl (C=O) groups excluding carboxylic acids is 1. The molecule has 0 heterocycles. The first-order chi connectivity index (χ1) is 10.7. The third-order valence-electron chi connectivity index (χ3n) is 2.83. The maximum absolute atomic E-state index is 11.9. The lowest BCUT2D eigenvalue weighted by molar-refractivity contribution is -0.118. The first kappa shape index (κ1) is 15.4. The molecule has 0 saturated carbocycles. The Morgan fingerprint density at radius 1 is 1.09 bits per heavy atom. The molecule has 0 atom stereocenters. The number of hydrogen-bond donors (Lipinski definition) is 1. The molecule has 0 aromatic heterocycles. The lowest BCUT2D eigenvalue weighted by Gasteiger charge is -2.12. The van der Waals surface area contributed by atoms with Gasteiger partial charge in [0.25, 0.3) is 5.91 Å². The molecule has 0 aliphatic heterocycles. The zero-order valence-electron chi connectivity index (χ0n) is 12.2. The van der Waals surface area contributed by atoms with Crippen molar-refractivity contribution < 1.29 is 14.3 Å². The Morgan fingerprint density at radius 3 is 2.41 bits per heavy atom. The molecule has 5 nitrogen and oxygen atoms in total. The molecule has 22 heavy (non-hydrogen) atoms. The quantitative estimate of drug-likeness (QED) is 0.889. The fraction of sp³-hybridized carbons (Fsp3) is 0.176. The summed E-state index contributed by atoms with van der Waals surface area (Å²) in [6.07, 6.45) is 0. The average molecular weight is 296 g/mol. The van der Waals surface area contributed by atoms with Crippen LogP contribution in [0.1, 0.15) is 12.5 Å². The largest absolute Gasteiger partial charge is 0.490 e. The van der Waals surface area contributed by atoms with E-state index in [1.54, 1.807) is 42.5 Å². The normalized spacial score (nSPS) is 9.64. The highest BCUT2D eigenvalue weighted by molar-refractivity contribution is 5.93. The molecule has 1 amide bonds. The van der Waals surface area contributed by atoms with E-state index < -0.39 is 0 Å². The van der Waals surface area contributed by atoms with E-state index in [1.165, 1.54) is 0 Å². The van der Waals surface area contributed by atoms with Gasteiger partial charge in [0.15, 0.2) is 18.1 Å². The number of anilines is 1. The summed E-state index contributed by atoms with van der Waals surface area (Å²) in [7, 11) is 0. The van der Waals surface area contributed by atoms with Crippen LogP contribution in [0.4, 0.5) is 5.69 Å². The molecule has 112 valence electrons. The minimum absolute atomic E-state index is 0.163. The summed E-state index contributed by atoms with van der Waals surface area (Å²) in [4.78, 5) is 11.9. The molecule has 1 N–H and O–H groups in total. The number of ether oxygens (including phenoxy) is 2. The zero-order chi connectivity index (χ0) is 15.8. The third-order valence-corrected chi connectivity index (χ3v) is 2.83. The van der Waals surface area contributed by atoms with Gasteiger partial charge in [0.2, 0.25) is 0 Å². The molecule has 0 radical (unpaired) electrons. The van der Waals surface area contributed by atoms with Crippen LogP contribution in [-0.4, -0.2) is 19.1 Å². The average Bonchev–Trinajstić information content (AvgIpc) is 2.55. The second kappa shape index (κ2) is 7.70. The molecule has 0 saturated heterocycles. The van der Waals surface area contributed by atoms with Crippen molar-refractivity contribution >= 4 is 11.6 Å². The topological polar surface area (TPSA) is 71.3 Å². The smallest absolute Gasteiger partial charge is 0.262 e. The number of hydrogen-bond acceptors (Lipinski definition) is 4. The van der Waals surface area contributed by atoms with Crippen molar-refractivity contribution in [2.45, 2.75) is 6.92 Å². The maximum atomic E-state index is 11.9. The molecule has 0 unspecified atom stereocenters. The number of amides is 1. The highest BCUT2D eigenvalue weighted by atomic mass is 16.5. The van der Waals surface area contributed by atoms with Gasteiger partial charge in [-0.3, -0.25) is 4.79 Å². The number of carbonyl (C=O) groups is 1. The van der Waals surface area contributed by atoms with Crippen LogP contribution in [-0.2, 0) is 4.79 Å². The summed E-state index contributed by atoms with van der Waals surface area (Å²) >= 11 is 0. The van der Waals surface area contributed by atoms with E-state index >= 15 is 0 Å². The van der Waals surface area contributed by atoms with Gasteiger partial charge in [-0.15, -0.1) is 0 Å². The Balaban J connectivity index is 1.98. The molecule has 0 aliphatic carbocycles. The van der Waals surface area contributed by atoms with Gasteiger partial charge in [-0.2, -0.15) is 5.26 Å². The van der Waals surface area contributed by atoms with E-state index in [0.29, 0.717) is 29.4 Å². The molecule has 2 aromatic carbocycles. The fourth-order valence-corrected chi connectivity index (χ4v) is 1.86. The summed E-state index contributed by atoms with van der Waals surface area (Å²) in [6.45, 7) is 2.23. The summed E-state index contributed by atoms with van der Waals surface area (Å²) < 4.78 is 10.9. The summed E-state index contributed by atoms with van der Waals surface area (Å²) in [5, 5.41) is 11.6. The molecule has 2 rings (SSSR count). The standard InChI is InChI=1S/C17H16N2O3/c1-2-21-15-9-5-6-10-16(15)22-12-17(20)19-14-8-4-3-7-13(14)11-18/h3-10H,2,12H2,1H3,(H,19,20). The third kappa shape index (κ3) is 4.00. The number of nitrogens with one attached hydrogen (secondary N) is 1. The Hall–Kier alpha value is -3.00. The summed E-state index contributed by atoms with van der Waals surface area (Å²) in [5.41, 5.74) is 0.877. The van der Waals surface area contributed by atoms with Gasteiger partial charge in [-0.05, 0) is 31.2 Å². The monoisotopic (exact) mass is 296 g/mol. The van der Waals surface area contributed by atoms with E-state index in [9.17, 15) is 4.79 Å². The van der Waals surface area contributed by atoms with Crippen LogP contribution in [0.3, 0.4) is 0 Å². The lowest BCUT2D eigenvalue weighted by atomic mass is 10.2. The molecular weight excluding hydrogens is 280 g/mol. The second-order valence-corrected chi connectivity index (χ2v) is 4.37. The van der Waals surface area contributed by atoms with E-state index in [2.05, 4.69) is 5.32 Å². The van der Waals surface area contributed by atoms with Crippen molar-refractivity contribution in [3.8, 4) is 17.6 Å². The number of benzene rings is 2. The van der Waals surface area contributed by atoms with Crippen LogP contribution in [0.25, 0.3) is 0 Å². The van der Waals surface area contributed by atoms with Crippen LogP contribution in [0, 0.1) is 11.3 Å². The summed E-state index contributed by atoms with van der Waals surface area (Å²) in [5.74, 6) is 0.761. The number of nitriles is 1. The Kier molecular flexibility index (Phi) is 5.38. The minimum atomic E-state index is -0.339. The van der Waals surface area contributed by atoms with E-state index in [0.717, 1.165) is 0 Å². The second-order valence-electron chi connectivity index (χ2n) is 4.37. The molecule has 0 aliphatic rings. The minimum Gasteiger partial charge on any atom is -0.490 e. The van der Waals surface area contributed by atoms with Crippen molar-refractivity contribution in [1.29, 1.82) is 5.26 Å². The van der Waals surface area contributed by atoms with Crippen molar-refractivity contribution in [2.24, 2.45) is 0 Å². The van der Waals surface area contributed by atoms with Crippen LogP contribution in [0.15, 0.2) is 48.5 Å². The maximum Gasteiger partial charge on any atom is 0.262 e. The highest BCUT2D eigenvalue weighted by Gasteiger charge is 2.09. The van der Waals surface area contributed by atoms with Gasteiger partial charge >= 0.3 is 0 Å². The molecule has 5 heteroatoms. The Morgan fingerprint density at radius 2 is 1.73 bits per heavy atom. The van der Waals surface area contributed by atoms with Crippen LogP contribution in [0.2, 0.25) is 0 Å². The Bertz CT molecular complexity index is 692. The van der Waals surface area contributed by atoms with Crippen molar-refractivity contribution in [3.05, 3.63) is 54.1 Å². The van der Waals surface area contributed by atoms with Gasteiger partial charge in [0.1, 0.15) is 6.07 Å². The predicted molar refractivity (Wildman–Crippen MR) is 82.9 cm³/mol. The van der Waals surface area contributed by atoms with E-state index in [-0.39, 0.29) is 12.5 Å². The first-order valence-electron chi connectivity index (χ1n) is 6.88. The lowest BCUT2D eigenvalue weighted by Crippen LogP contribution is -2.20. The fourth-order valence-electron chi connectivity index (χ4n) is 1.86. The van der Waals surface area contributed by atoms with Gasteiger partial charge in [0, 0.05) is 0 Å². The van der Waals surface area contributed by atoms with Gasteiger partial charge in [-0.1, -0.05) is 24.3 Å². The van der Waals surface area contributed by atoms with Crippen LogP contribution >= 0.6 is 0 Å². The molecule has 0 spiro atoms. The van der Waals surface area contributed by atoms with Crippen molar-refractivity contribution in [3.63, 3.8) is 0 Å². The first-order valence-corrected chi connectivity index (χ1v) is 6.88. The van der Waals surface area contributed by atoms with Crippen LogP contribution < -0.4 is 14.8 Å². The number of rotatable bonds is 6. The van der Waals surface area contributed by atoms with Crippen molar-refractivity contribution in [2.75, 3.05) is 18.5 Å². The van der Waals surface area contributed by atoms with E-state index in [4.69, 9.17) is 14.7 Å². The Labute approximate surface area is 129 Å². The number of para-hydroxylation sites is 3. The van der Waals surface area contributed by atoms with Gasteiger partial charge in [0.05, 0.1) is 17.9 Å². The predicted octanol–water partition coefficient (Wildman–Crippen LogP) is 2.97.